The van der Waals surface area contributed by atoms with Gasteiger partial charge in [0, 0.05) is 25.7 Å². The van der Waals surface area contributed by atoms with Crippen LogP contribution in [-0.4, -0.2) is 26.4 Å². The molecule has 3 heteroatoms. The van der Waals surface area contributed by atoms with E-state index in [2.05, 4.69) is 44.3 Å². The van der Waals surface area contributed by atoms with Crippen molar-refractivity contribution in [2.24, 2.45) is 5.92 Å². The molecule has 0 saturated carbocycles. The van der Waals surface area contributed by atoms with Gasteiger partial charge in [-0.25, -0.2) is 0 Å². The molecule has 1 aromatic rings. The van der Waals surface area contributed by atoms with Gasteiger partial charge in [0.15, 0.2) is 0 Å². The normalized spacial score (nSPS) is 15.2. The van der Waals surface area contributed by atoms with Crippen LogP contribution in [0.3, 0.4) is 0 Å². The Morgan fingerprint density at radius 2 is 2.15 bits per heavy atom. The van der Waals surface area contributed by atoms with Crippen molar-refractivity contribution in [2.45, 2.75) is 39.7 Å². The molecule has 1 atom stereocenters. The van der Waals surface area contributed by atoms with Crippen molar-refractivity contribution in [3.8, 4) is 5.75 Å². The molecule has 1 N–H and O–H groups in total. The van der Waals surface area contributed by atoms with E-state index in [-0.39, 0.29) is 0 Å². The van der Waals surface area contributed by atoms with Crippen LogP contribution in [0.1, 0.15) is 44.4 Å². The molecule has 2 rings (SSSR count). The van der Waals surface area contributed by atoms with Crippen LogP contribution in [0.2, 0.25) is 0 Å². The third kappa shape index (κ3) is 4.50. The predicted molar refractivity (Wildman–Crippen MR) is 82.3 cm³/mol. The monoisotopic (exact) mass is 277 g/mol. The number of benzene rings is 1. The van der Waals surface area contributed by atoms with Gasteiger partial charge in [-0.2, -0.15) is 0 Å². The molecule has 0 bridgehead atoms. The topological polar surface area (TPSA) is 30.5 Å². The molecule has 0 saturated heterocycles. The number of ether oxygens (including phenoxy) is 2. The second kappa shape index (κ2) is 7.65. The molecule has 0 radical (unpaired) electrons. The molecule has 3 nitrogen and oxygen atoms in total. The minimum atomic E-state index is 0.381. The van der Waals surface area contributed by atoms with E-state index in [4.69, 9.17) is 9.47 Å². The molecule has 0 aliphatic carbocycles. The van der Waals surface area contributed by atoms with Crippen molar-refractivity contribution in [3.05, 3.63) is 29.3 Å². The van der Waals surface area contributed by atoms with Crippen molar-refractivity contribution in [1.82, 2.24) is 5.32 Å². The molecule has 1 aromatic carbocycles. The van der Waals surface area contributed by atoms with Gasteiger partial charge in [-0.3, -0.25) is 0 Å². The molecule has 112 valence electrons. The SMILES string of the molecule is CC(C)COCCCNC(C)c1ccc2c(c1)CCO2. The Bertz CT molecular complexity index is 417. The summed E-state index contributed by atoms with van der Waals surface area (Å²) in [7, 11) is 0. The van der Waals surface area contributed by atoms with E-state index < -0.39 is 0 Å². The van der Waals surface area contributed by atoms with Gasteiger partial charge in [-0.15, -0.1) is 0 Å². The first-order valence-corrected chi connectivity index (χ1v) is 7.73. The quantitative estimate of drug-likeness (QED) is 0.739. The lowest BCUT2D eigenvalue weighted by atomic mass is 10.0. The number of hydrogen-bond acceptors (Lipinski definition) is 3. The summed E-state index contributed by atoms with van der Waals surface area (Å²) < 4.78 is 11.1. The number of rotatable bonds is 8. The number of fused-ring (bicyclic) bond motifs is 1. The number of nitrogens with one attached hydrogen (secondary N) is 1. The fraction of sp³-hybridized carbons (Fsp3) is 0.647. The van der Waals surface area contributed by atoms with E-state index in [0.29, 0.717) is 12.0 Å². The van der Waals surface area contributed by atoms with Crippen LogP contribution in [0.15, 0.2) is 18.2 Å². The average Bonchev–Trinajstić information content (AvgIpc) is 2.89. The van der Waals surface area contributed by atoms with Gasteiger partial charge in [0.05, 0.1) is 6.61 Å². The summed E-state index contributed by atoms with van der Waals surface area (Å²) in [6.45, 7) is 10.1. The smallest absolute Gasteiger partial charge is 0.122 e. The van der Waals surface area contributed by atoms with Crippen LogP contribution >= 0.6 is 0 Å². The molecular weight excluding hydrogens is 250 g/mol. The van der Waals surface area contributed by atoms with Gasteiger partial charge in [-0.1, -0.05) is 26.0 Å². The Labute approximate surface area is 122 Å². The number of hydrogen-bond donors (Lipinski definition) is 1. The zero-order valence-corrected chi connectivity index (χ0v) is 12.9. The van der Waals surface area contributed by atoms with Crippen LogP contribution in [0.4, 0.5) is 0 Å². The lowest BCUT2D eigenvalue weighted by molar-refractivity contribution is 0.107. The van der Waals surface area contributed by atoms with Crippen LogP contribution in [0, 0.1) is 5.92 Å². The van der Waals surface area contributed by atoms with Crippen LogP contribution in [0.25, 0.3) is 0 Å². The Kier molecular flexibility index (Phi) is 5.86. The standard InChI is InChI=1S/C17H27NO2/c1-13(2)12-19-9-4-8-18-14(3)15-5-6-17-16(11-15)7-10-20-17/h5-6,11,13-14,18H,4,7-10,12H2,1-3H3. The fourth-order valence-electron chi connectivity index (χ4n) is 2.41. The van der Waals surface area contributed by atoms with Crippen molar-refractivity contribution < 1.29 is 9.47 Å². The van der Waals surface area contributed by atoms with Gasteiger partial charge in [0.2, 0.25) is 0 Å². The Morgan fingerprint density at radius 3 is 2.95 bits per heavy atom. The van der Waals surface area contributed by atoms with Crippen molar-refractivity contribution in [1.29, 1.82) is 0 Å². The molecule has 1 heterocycles. The highest BCUT2D eigenvalue weighted by Crippen LogP contribution is 2.27. The molecule has 0 fully saturated rings. The minimum absolute atomic E-state index is 0.381. The Balaban J connectivity index is 1.68. The summed E-state index contributed by atoms with van der Waals surface area (Å²) >= 11 is 0. The summed E-state index contributed by atoms with van der Waals surface area (Å²) in [6, 6.07) is 6.92. The molecule has 0 amide bonds. The first-order chi connectivity index (χ1) is 9.66. The lowest BCUT2D eigenvalue weighted by Gasteiger charge is -2.15. The van der Waals surface area contributed by atoms with E-state index in [1.807, 2.05) is 0 Å². The molecule has 0 aromatic heterocycles. The van der Waals surface area contributed by atoms with Gasteiger partial charge in [0.1, 0.15) is 5.75 Å². The van der Waals surface area contributed by atoms with Crippen LogP contribution in [0.5, 0.6) is 5.75 Å². The highest BCUT2D eigenvalue weighted by molar-refractivity contribution is 5.40. The summed E-state index contributed by atoms with van der Waals surface area (Å²) in [4.78, 5) is 0. The maximum Gasteiger partial charge on any atom is 0.122 e. The molecule has 1 unspecified atom stereocenters. The van der Waals surface area contributed by atoms with Gasteiger partial charge in [0.25, 0.3) is 0 Å². The van der Waals surface area contributed by atoms with Crippen molar-refractivity contribution in [3.63, 3.8) is 0 Å². The third-order valence-electron chi connectivity index (χ3n) is 3.58. The summed E-state index contributed by atoms with van der Waals surface area (Å²) in [5, 5.41) is 3.56. The van der Waals surface area contributed by atoms with Gasteiger partial charge in [-0.05, 0) is 43.0 Å². The van der Waals surface area contributed by atoms with E-state index in [1.54, 1.807) is 0 Å². The Hall–Kier alpha value is -1.06. The maximum absolute atomic E-state index is 5.59. The molecule has 1 aliphatic heterocycles. The summed E-state index contributed by atoms with van der Waals surface area (Å²) in [5.41, 5.74) is 2.69. The van der Waals surface area contributed by atoms with E-state index in [0.717, 1.165) is 45.0 Å². The molecule has 1 aliphatic rings. The molecule has 0 spiro atoms. The Morgan fingerprint density at radius 1 is 1.30 bits per heavy atom. The second-order valence-electron chi connectivity index (χ2n) is 5.96. The second-order valence-corrected chi connectivity index (χ2v) is 5.96. The third-order valence-corrected chi connectivity index (χ3v) is 3.58. The first-order valence-electron chi connectivity index (χ1n) is 7.73. The minimum Gasteiger partial charge on any atom is -0.493 e. The lowest BCUT2D eigenvalue weighted by Crippen LogP contribution is -2.21. The maximum atomic E-state index is 5.59. The zero-order chi connectivity index (χ0) is 14.4. The van der Waals surface area contributed by atoms with Crippen molar-refractivity contribution >= 4 is 0 Å². The highest BCUT2D eigenvalue weighted by atomic mass is 16.5. The van der Waals surface area contributed by atoms with E-state index in [1.165, 1.54) is 11.1 Å². The van der Waals surface area contributed by atoms with Crippen LogP contribution < -0.4 is 10.1 Å². The van der Waals surface area contributed by atoms with Crippen LogP contribution in [-0.2, 0) is 11.2 Å². The average molecular weight is 277 g/mol. The van der Waals surface area contributed by atoms with Gasteiger partial charge >= 0.3 is 0 Å². The highest BCUT2D eigenvalue weighted by Gasteiger charge is 2.14. The molecular formula is C17H27NO2. The van der Waals surface area contributed by atoms with E-state index in [9.17, 15) is 0 Å². The summed E-state index contributed by atoms with van der Waals surface area (Å²) in [6.07, 6.45) is 2.10. The van der Waals surface area contributed by atoms with Crippen molar-refractivity contribution in [2.75, 3.05) is 26.4 Å². The van der Waals surface area contributed by atoms with Gasteiger partial charge < -0.3 is 14.8 Å². The van der Waals surface area contributed by atoms with E-state index >= 15 is 0 Å². The fourth-order valence-corrected chi connectivity index (χ4v) is 2.41. The largest absolute Gasteiger partial charge is 0.493 e. The predicted octanol–water partition coefficient (Wildman–Crippen LogP) is 3.33. The zero-order valence-electron chi connectivity index (χ0n) is 12.9. The first kappa shape index (κ1) is 15.3. The summed E-state index contributed by atoms with van der Waals surface area (Å²) in [5.74, 6) is 1.68. The molecule has 20 heavy (non-hydrogen) atoms.